The van der Waals surface area contributed by atoms with Crippen molar-refractivity contribution in [3.8, 4) is 11.4 Å². The standard InChI is InChI=1S/C16H17N3/c1-3-11-7-8-14-15(9-11)19(2)16(18-14)12-5-4-6-13(17)10-12/h4-10H,3,17H2,1-2H3. The number of nitrogen functional groups attached to an aromatic ring is 1. The van der Waals surface area contributed by atoms with Crippen LogP contribution in [0.15, 0.2) is 42.5 Å². The Balaban J connectivity index is 2.22. The van der Waals surface area contributed by atoms with Gasteiger partial charge in [-0.25, -0.2) is 4.98 Å². The largest absolute Gasteiger partial charge is 0.399 e. The van der Waals surface area contributed by atoms with Crippen molar-refractivity contribution in [3.05, 3.63) is 48.0 Å². The number of hydrogen-bond donors (Lipinski definition) is 1. The van der Waals surface area contributed by atoms with Crippen molar-refractivity contribution >= 4 is 16.7 Å². The van der Waals surface area contributed by atoms with Crippen molar-refractivity contribution in [3.63, 3.8) is 0 Å². The molecule has 2 N–H and O–H groups in total. The maximum Gasteiger partial charge on any atom is 0.140 e. The highest BCUT2D eigenvalue weighted by Crippen LogP contribution is 2.25. The number of aryl methyl sites for hydroxylation is 2. The fourth-order valence-electron chi connectivity index (χ4n) is 2.39. The lowest BCUT2D eigenvalue weighted by Crippen LogP contribution is -1.94. The zero-order chi connectivity index (χ0) is 13.4. The number of hydrogen-bond acceptors (Lipinski definition) is 2. The number of fused-ring (bicyclic) bond motifs is 1. The van der Waals surface area contributed by atoms with Gasteiger partial charge in [-0.1, -0.05) is 25.1 Å². The molecule has 1 heterocycles. The fraction of sp³-hybridized carbons (Fsp3) is 0.188. The van der Waals surface area contributed by atoms with Crippen molar-refractivity contribution in [2.45, 2.75) is 13.3 Å². The monoisotopic (exact) mass is 251 g/mol. The number of rotatable bonds is 2. The highest BCUT2D eigenvalue weighted by molar-refractivity contribution is 5.81. The number of nitrogens with two attached hydrogens (primary N) is 1. The lowest BCUT2D eigenvalue weighted by molar-refractivity contribution is 0.957. The lowest BCUT2D eigenvalue weighted by Gasteiger charge is -2.03. The SMILES string of the molecule is CCc1ccc2nc(-c3cccc(N)c3)n(C)c2c1. The molecule has 0 amide bonds. The van der Waals surface area contributed by atoms with Crippen LogP contribution in [0.4, 0.5) is 5.69 Å². The molecule has 3 heteroatoms. The molecule has 0 saturated heterocycles. The van der Waals surface area contributed by atoms with Gasteiger partial charge in [0.25, 0.3) is 0 Å². The molecular formula is C16H17N3. The third kappa shape index (κ3) is 1.97. The van der Waals surface area contributed by atoms with Gasteiger partial charge in [-0.2, -0.15) is 0 Å². The smallest absolute Gasteiger partial charge is 0.140 e. The molecule has 0 aliphatic carbocycles. The Morgan fingerprint density at radius 1 is 1.16 bits per heavy atom. The van der Waals surface area contributed by atoms with Gasteiger partial charge in [0, 0.05) is 18.3 Å². The van der Waals surface area contributed by atoms with Crippen molar-refractivity contribution in [2.24, 2.45) is 7.05 Å². The molecule has 3 rings (SSSR count). The molecule has 0 radical (unpaired) electrons. The quantitative estimate of drug-likeness (QED) is 0.709. The fourth-order valence-corrected chi connectivity index (χ4v) is 2.39. The minimum absolute atomic E-state index is 0.763. The minimum Gasteiger partial charge on any atom is -0.399 e. The molecule has 0 aliphatic heterocycles. The first-order valence-corrected chi connectivity index (χ1v) is 6.50. The Morgan fingerprint density at radius 3 is 2.74 bits per heavy atom. The number of anilines is 1. The van der Waals surface area contributed by atoms with E-state index in [1.807, 2.05) is 31.3 Å². The van der Waals surface area contributed by atoms with E-state index in [-0.39, 0.29) is 0 Å². The summed E-state index contributed by atoms with van der Waals surface area (Å²) in [5.41, 5.74) is 11.2. The van der Waals surface area contributed by atoms with Crippen LogP contribution in [0.1, 0.15) is 12.5 Å². The summed E-state index contributed by atoms with van der Waals surface area (Å²) in [6.45, 7) is 2.16. The summed E-state index contributed by atoms with van der Waals surface area (Å²) >= 11 is 0. The first-order chi connectivity index (χ1) is 9.19. The Hall–Kier alpha value is -2.29. The summed E-state index contributed by atoms with van der Waals surface area (Å²) in [7, 11) is 2.05. The highest BCUT2D eigenvalue weighted by Gasteiger charge is 2.10. The van der Waals surface area contributed by atoms with Crippen molar-refractivity contribution < 1.29 is 0 Å². The third-order valence-corrected chi connectivity index (χ3v) is 3.50. The van der Waals surface area contributed by atoms with Crippen LogP contribution in [0.3, 0.4) is 0 Å². The first kappa shape index (κ1) is 11.8. The van der Waals surface area contributed by atoms with Crippen LogP contribution in [0.2, 0.25) is 0 Å². The maximum absolute atomic E-state index is 5.85. The van der Waals surface area contributed by atoms with Crippen LogP contribution in [-0.4, -0.2) is 9.55 Å². The van der Waals surface area contributed by atoms with Gasteiger partial charge in [-0.05, 0) is 36.2 Å². The molecule has 0 bridgehead atoms. The van der Waals surface area contributed by atoms with E-state index < -0.39 is 0 Å². The molecule has 0 unspecified atom stereocenters. The van der Waals surface area contributed by atoms with E-state index >= 15 is 0 Å². The Labute approximate surface area is 112 Å². The molecule has 0 saturated carbocycles. The highest BCUT2D eigenvalue weighted by atomic mass is 15.1. The summed E-state index contributed by atoms with van der Waals surface area (Å²) < 4.78 is 2.13. The molecule has 96 valence electrons. The minimum atomic E-state index is 0.763. The van der Waals surface area contributed by atoms with Crippen LogP contribution in [0.5, 0.6) is 0 Å². The summed E-state index contributed by atoms with van der Waals surface area (Å²) in [6, 6.07) is 14.3. The predicted molar refractivity (Wildman–Crippen MR) is 79.9 cm³/mol. The second-order valence-electron chi connectivity index (χ2n) is 4.80. The van der Waals surface area contributed by atoms with Crippen molar-refractivity contribution in [2.75, 3.05) is 5.73 Å². The van der Waals surface area contributed by atoms with Gasteiger partial charge in [0.1, 0.15) is 5.82 Å². The molecular weight excluding hydrogens is 234 g/mol. The normalized spacial score (nSPS) is 11.1. The lowest BCUT2D eigenvalue weighted by atomic mass is 10.1. The van der Waals surface area contributed by atoms with E-state index in [0.717, 1.165) is 34.5 Å². The van der Waals surface area contributed by atoms with E-state index in [1.165, 1.54) is 5.56 Å². The van der Waals surface area contributed by atoms with Gasteiger partial charge >= 0.3 is 0 Å². The van der Waals surface area contributed by atoms with Crippen LogP contribution >= 0.6 is 0 Å². The molecule has 19 heavy (non-hydrogen) atoms. The van der Waals surface area contributed by atoms with Gasteiger partial charge in [-0.3, -0.25) is 0 Å². The summed E-state index contributed by atoms with van der Waals surface area (Å²) in [5, 5.41) is 0. The van der Waals surface area contributed by atoms with Gasteiger partial charge in [0.05, 0.1) is 11.0 Å². The van der Waals surface area contributed by atoms with Crippen LogP contribution < -0.4 is 5.73 Å². The number of nitrogens with zero attached hydrogens (tertiary/aromatic N) is 2. The summed E-state index contributed by atoms with van der Waals surface area (Å²) in [6.07, 6.45) is 1.04. The Kier molecular flexibility index (Phi) is 2.75. The number of benzene rings is 2. The van der Waals surface area contributed by atoms with Gasteiger partial charge in [-0.15, -0.1) is 0 Å². The second kappa shape index (κ2) is 4.43. The van der Waals surface area contributed by atoms with E-state index in [2.05, 4.69) is 29.7 Å². The average Bonchev–Trinajstić information content (AvgIpc) is 2.76. The van der Waals surface area contributed by atoms with Crippen molar-refractivity contribution in [1.29, 1.82) is 0 Å². The second-order valence-corrected chi connectivity index (χ2v) is 4.80. The zero-order valence-corrected chi connectivity index (χ0v) is 11.2. The molecule has 2 aromatic carbocycles. The van der Waals surface area contributed by atoms with Crippen LogP contribution in [-0.2, 0) is 13.5 Å². The molecule has 3 aromatic rings. The Morgan fingerprint density at radius 2 is 2.00 bits per heavy atom. The van der Waals surface area contributed by atoms with E-state index in [0.29, 0.717) is 0 Å². The molecule has 3 nitrogen and oxygen atoms in total. The van der Waals surface area contributed by atoms with Crippen molar-refractivity contribution in [1.82, 2.24) is 9.55 Å². The molecule has 0 atom stereocenters. The first-order valence-electron chi connectivity index (χ1n) is 6.50. The molecule has 1 aromatic heterocycles. The zero-order valence-electron chi connectivity index (χ0n) is 11.2. The van der Waals surface area contributed by atoms with Gasteiger partial charge in [0.2, 0.25) is 0 Å². The van der Waals surface area contributed by atoms with E-state index in [9.17, 15) is 0 Å². The van der Waals surface area contributed by atoms with Gasteiger partial charge < -0.3 is 10.3 Å². The maximum atomic E-state index is 5.85. The summed E-state index contributed by atoms with van der Waals surface area (Å²) in [5.74, 6) is 0.954. The van der Waals surface area contributed by atoms with Crippen LogP contribution in [0, 0.1) is 0 Å². The Bertz CT molecular complexity index is 741. The third-order valence-electron chi connectivity index (χ3n) is 3.50. The molecule has 0 spiro atoms. The van der Waals surface area contributed by atoms with Gasteiger partial charge in [0.15, 0.2) is 0 Å². The number of imidazole rings is 1. The van der Waals surface area contributed by atoms with Crippen LogP contribution in [0.25, 0.3) is 22.4 Å². The molecule has 0 fully saturated rings. The van der Waals surface area contributed by atoms with E-state index in [4.69, 9.17) is 10.7 Å². The molecule has 0 aliphatic rings. The average molecular weight is 251 g/mol. The number of aromatic nitrogens is 2. The summed E-state index contributed by atoms with van der Waals surface area (Å²) in [4.78, 5) is 4.71. The topological polar surface area (TPSA) is 43.8 Å². The predicted octanol–water partition coefficient (Wildman–Crippen LogP) is 3.38. The van der Waals surface area contributed by atoms with E-state index in [1.54, 1.807) is 0 Å².